The molecule has 0 aliphatic rings. The lowest BCUT2D eigenvalue weighted by Gasteiger charge is -2.18. The first-order chi connectivity index (χ1) is 13.1. The number of ether oxygens (including phenoxy) is 1. The van der Waals surface area contributed by atoms with Crippen LogP contribution in [0.4, 0.5) is 0 Å². The number of hydrogen-bond donors (Lipinski definition) is 2. The van der Waals surface area contributed by atoms with Crippen molar-refractivity contribution in [3.8, 4) is 11.3 Å². The monoisotopic (exact) mass is 366 g/mol. The van der Waals surface area contributed by atoms with E-state index in [1.165, 1.54) is 0 Å². The number of methoxy groups -OCH3 is 1. The molecule has 3 rings (SSSR count). The van der Waals surface area contributed by atoms with Crippen LogP contribution in [0.15, 0.2) is 54.9 Å². The van der Waals surface area contributed by atoms with E-state index in [9.17, 15) is 9.90 Å². The fourth-order valence-electron chi connectivity index (χ4n) is 2.89. The molecule has 140 valence electrons. The molecule has 0 radical (unpaired) electrons. The van der Waals surface area contributed by atoms with Gasteiger partial charge in [0.25, 0.3) is 5.91 Å². The van der Waals surface area contributed by atoms with Crippen LogP contribution in [0.5, 0.6) is 0 Å². The molecule has 7 heteroatoms. The number of hydrogen-bond acceptors (Lipinski definition) is 5. The molecule has 27 heavy (non-hydrogen) atoms. The largest absolute Gasteiger partial charge is 0.392 e. The highest BCUT2D eigenvalue weighted by atomic mass is 16.5. The first-order valence-electron chi connectivity index (χ1n) is 8.56. The first kappa shape index (κ1) is 18.8. The molecule has 0 bridgehead atoms. The molecule has 3 aromatic rings. The molecule has 0 aliphatic carbocycles. The van der Waals surface area contributed by atoms with Crippen LogP contribution >= 0.6 is 0 Å². The maximum absolute atomic E-state index is 12.8. The maximum atomic E-state index is 12.8. The number of aryl methyl sites for hydroxylation is 1. The third-order valence-corrected chi connectivity index (χ3v) is 4.28. The van der Waals surface area contributed by atoms with Crippen molar-refractivity contribution in [2.75, 3.05) is 13.7 Å². The van der Waals surface area contributed by atoms with Crippen LogP contribution in [0.1, 0.15) is 27.7 Å². The lowest BCUT2D eigenvalue weighted by Crippen LogP contribution is -2.32. The van der Waals surface area contributed by atoms with E-state index in [0.717, 1.165) is 16.8 Å². The van der Waals surface area contributed by atoms with Crippen LogP contribution < -0.4 is 5.32 Å². The van der Waals surface area contributed by atoms with Crippen LogP contribution in [0.3, 0.4) is 0 Å². The van der Waals surface area contributed by atoms with Gasteiger partial charge in [-0.1, -0.05) is 12.1 Å². The number of rotatable bonds is 7. The molecule has 0 spiro atoms. The summed E-state index contributed by atoms with van der Waals surface area (Å²) in [6.07, 6.45) is 3.33. The number of benzene rings is 1. The molecule has 2 heterocycles. The standard InChI is InChI=1S/C20H22N4O3/c1-24-19(7-9-22-24)18(13-27-2)23-20(26)16-5-3-4-15(11-16)17-10-14(12-25)6-8-21-17/h3-11,18,25H,12-13H2,1-2H3,(H,23,26)/t18-/m1/s1. The molecule has 0 aliphatic heterocycles. The third kappa shape index (κ3) is 4.39. The van der Waals surface area contributed by atoms with Gasteiger partial charge in [0, 0.05) is 37.7 Å². The number of amides is 1. The second-order valence-electron chi connectivity index (χ2n) is 6.15. The molecule has 2 N–H and O–H groups in total. The number of nitrogens with zero attached hydrogens (tertiary/aromatic N) is 3. The van der Waals surface area contributed by atoms with Gasteiger partial charge in [0.2, 0.25) is 0 Å². The fourth-order valence-corrected chi connectivity index (χ4v) is 2.89. The number of carbonyl (C=O) groups excluding carboxylic acids is 1. The Morgan fingerprint density at radius 3 is 2.81 bits per heavy atom. The number of aliphatic hydroxyl groups excluding tert-OH is 1. The summed E-state index contributed by atoms with van der Waals surface area (Å²) in [5.74, 6) is -0.210. The van der Waals surface area contributed by atoms with Crippen LogP contribution in [0.2, 0.25) is 0 Å². The predicted octanol–water partition coefficient (Wildman–Crippen LogP) is 2.09. The predicted molar refractivity (Wildman–Crippen MR) is 101 cm³/mol. The van der Waals surface area contributed by atoms with Gasteiger partial charge >= 0.3 is 0 Å². The minimum atomic E-state index is -0.311. The van der Waals surface area contributed by atoms with Crippen molar-refractivity contribution in [3.05, 3.63) is 71.7 Å². The van der Waals surface area contributed by atoms with Gasteiger partial charge in [-0.05, 0) is 35.9 Å². The number of aromatic nitrogens is 3. The average Bonchev–Trinajstić information content (AvgIpc) is 3.13. The fraction of sp³-hybridized carbons (Fsp3) is 0.250. The van der Waals surface area contributed by atoms with Gasteiger partial charge in [-0.2, -0.15) is 5.10 Å². The highest BCUT2D eigenvalue weighted by molar-refractivity contribution is 5.95. The van der Waals surface area contributed by atoms with E-state index in [1.54, 1.807) is 48.5 Å². The molecule has 7 nitrogen and oxygen atoms in total. The van der Waals surface area contributed by atoms with Gasteiger partial charge in [0.15, 0.2) is 0 Å². The average molecular weight is 366 g/mol. The number of pyridine rings is 1. The summed E-state index contributed by atoms with van der Waals surface area (Å²) in [5.41, 5.74) is 3.66. The smallest absolute Gasteiger partial charge is 0.251 e. The molecule has 1 aromatic carbocycles. The Labute approximate surface area is 157 Å². The summed E-state index contributed by atoms with van der Waals surface area (Å²) in [7, 11) is 3.42. The van der Waals surface area contributed by atoms with Crippen molar-refractivity contribution < 1.29 is 14.6 Å². The molecule has 0 unspecified atom stereocenters. The van der Waals surface area contributed by atoms with E-state index < -0.39 is 0 Å². The number of aliphatic hydroxyl groups is 1. The molecule has 1 amide bonds. The van der Waals surface area contributed by atoms with Crippen molar-refractivity contribution in [2.45, 2.75) is 12.6 Å². The Morgan fingerprint density at radius 1 is 1.26 bits per heavy atom. The molecule has 2 aromatic heterocycles. The van der Waals surface area contributed by atoms with E-state index in [4.69, 9.17) is 4.74 Å². The van der Waals surface area contributed by atoms with Gasteiger partial charge in [0.05, 0.1) is 30.6 Å². The Balaban J connectivity index is 1.83. The van der Waals surface area contributed by atoms with Crippen molar-refractivity contribution in [1.82, 2.24) is 20.1 Å². The van der Waals surface area contributed by atoms with Crippen molar-refractivity contribution in [1.29, 1.82) is 0 Å². The van der Waals surface area contributed by atoms with E-state index in [1.807, 2.05) is 25.2 Å². The van der Waals surface area contributed by atoms with Gasteiger partial charge in [0.1, 0.15) is 0 Å². The second kappa shape index (κ2) is 8.57. The quantitative estimate of drug-likeness (QED) is 0.668. The van der Waals surface area contributed by atoms with Crippen LogP contribution in [0.25, 0.3) is 11.3 Å². The van der Waals surface area contributed by atoms with E-state index in [0.29, 0.717) is 17.9 Å². The topological polar surface area (TPSA) is 89.3 Å². The van der Waals surface area contributed by atoms with Crippen molar-refractivity contribution in [3.63, 3.8) is 0 Å². The Bertz CT molecular complexity index is 923. The van der Waals surface area contributed by atoms with E-state index in [2.05, 4.69) is 15.4 Å². The van der Waals surface area contributed by atoms with Crippen molar-refractivity contribution in [2.24, 2.45) is 7.05 Å². The molecular weight excluding hydrogens is 344 g/mol. The van der Waals surface area contributed by atoms with Crippen molar-refractivity contribution >= 4 is 5.91 Å². The first-order valence-corrected chi connectivity index (χ1v) is 8.56. The zero-order valence-corrected chi connectivity index (χ0v) is 15.3. The van der Waals surface area contributed by atoms with Crippen LogP contribution in [-0.2, 0) is 18.4 Å². The lowest BCUT2D eigenvalue weighted by molar-refractivity contribution is 0.0892. The highest BCUT2D eigenvalue weighted by Gasteiger charge is 2.19. The molecule has 1 atom stereocenters. The van der Waals surface area contributed by atoms with Crippen LogP contribution in [-0.4, -0.2) is 39.5 Å². The number of nitrogens with one attached hydrogen (secondary N) is 1. The Kier molecular flexibility index (Phi) is 5.95. The van der Waals surface area contributed by atoms with Gasteiger partial charge in [-0.25, -0.2) is 0 Å². The summed E-state index contributed by atoms with van der Waals surface area (Å²) in [6, 6.07) is 12.3. The molecule has 0 saturated carbocycles. The molecular formula is C20H22N4O3. The van der Waals surface area contributed by atoms with Crippen LogP contribution in [0, 0.1) is 0 Å². The summed E-state index contributed by atoms with van der Waals surface area (Å²) < 4.78 is 6.96. The SMILES string of the molecule is COC[C@@H](NC(=O)c1cccc(-c2cc(CO)ccn2)c1)c1ccnn1C. The summed E-state index contributed by atoms with van der Waals surface area (Å²) >= 11 is 0. The normalized spacial score (nSPS) is 12.0. The van der Waals surface area contributed by atoms with Gasteiger partial charge < -0.3 is 15.2 Å². The Morgan fingerprint density at radius 2 is 2.11 bits per heavy atom. The summed E-state index contributed by atoms with van der Waals surface area (Å²) in [4.78, 5) is 17.1. The zero-order chi connectivity index (χ0) is 19.2. The second-order valence-corrected chi connectivity index (χ2v) is 6.15. The third-order valence-electron chi connectivity index (χ3n) is 4.28. The summed E-state index contributed by atoms with van der Waals surface area (Å²) in [5, 5.41) is 16.4. The minimum absolute atomic E-state index is 0.0565. The molecule has 0 saturated heterocycles. The Hall–Kier alpha value is -3.03. The van der Waals surface area contributed by atoms with Gasteiger partial charge in [-0.3, -0.25) is 14.5 Å². The summed E-state index contributed by atoms with van der Waals surface area (Å²) in [6.45, 7) is 0.282. The maximum Gasteiger partial charge on any atom is 0.251 e. The number of carbonyl (C=O) groups is 1. The van der Waals surface area contributed by atoms with E-state index in [-0.39, 0.29) is 18.6 Å². The lowest BCUT2D eigenvalue weighted by atomic mass is 10.1. The molecule has 0 fully saturated rings. The minimum Gasteiger partial charge on any atom is -0.392 e. The van der Waals surface area contributed by atoms with Gasteiger partial charge in [-0.15, -0.1) is 0 Å². The van der Waals surface area contributed by atoms with E-state index >= 15 is 0 Å². The highest BCUT2D eigenvalue weighted by Crippen LogP contribution is 2.20. The zero-order valence-electron chi connectivity index (χ0n) is 15.3.